The quantitative estimate of drug-likeness (QED) is 0.417. The average molecular weight is 439 g/mol. The number of carbonyl (C=O) groups excluding carboxylic acids is 2. The molecule has 0 spiro atoms. The van der Waals surface area contributed by atoms with Crippen molar-refractivity contribution < 1.29 is 24.2 Å². The van der Waals surface area contributed by atoms with Crippen molar-refractivity contribution in [1.29, 1.82) is 0 Å². The number of carbonyl (C=O) groups is 3. The van der Waals surface area contributed by atoms with Crippen molar-refractivity contribution >= 4 is 17.8 Å². The Balaban J connectivity index is 2.17. The number of hydrogen-bond donors (Lipinski definition) is 3. The van der Waals surface area contributed by atoms with Gasteiger partial charge in [-0.25, -0.2) is 0 Å². The number of amides is 2. The number of ether oxygens (including phenoxy) is 1. The lowest BCUT2D eigenvalue weighted by Gasteiger charge is -2.24. The topological polar surface area (TPSA) is 105 Å². The Hall–Kier alpha value is -3.45. The molecule has 2 rings (SSSR count). The van der Waals surface area contributed by atoms with Gasteiger partial charge in [0.1, 0.15) is 0 Å². The van der Waals surface area contributed by atoms with Gasteiger partial charge in [-0.2, -0.15) is 0 Å². The number of benzene rings is 2. The van der Waals surface area contributed by atoms with E-state index in [-0.39, 0.29) is 31.3 Å². The molecule has 2 amide bonds. The fourth-order valence-electron chi connectivity index (χ4n) is 3.43. The van der Waals surface area contributed by atoms with Crippen LogP contribution in [0.2, 0.25) is 0 Å². The maximum Gasteiger partial charge on any atom is 0.304 e. The molecule has 0 aromatic heterocycles. The number of carboxylic acids is 1. The van der Waals surface area contributed by atoms with Crippen LogP contribution in [0.3, 0.4) is 0 Å². The molecule has 0 aliphatic carbocycles. The van der Waals surface area contributed by atoms with Crippen LogP contribution in [-0.2, 0) is 19.1 Å². The van der Waals surface area contributed by atoms with Crippen LogP contribution in [0.25, 0.3) is 0 Å². The number of aliphatic carboxylic acids is 1. The molecule has 0 aliphatic rings. The molecule has 3 N–H and O–H groups in total. The zero-order valence-electron chi connectivity index (χ0n) is 18.2. The summed E-state index contributed by atoms with van der Waals surface area (Å²) in [6, 6.07) is 18.3. The summed E-state index contributed by atoms with van der Waals surface area (Å²) in [6.45, 7) is 3.92. The Morgan fingerprint density at radius 3 is 2.12 bits per heavy atom. The van der Waals surface area contributed by atoms with Gasteiger partial charge in [0.15, 0.2) is 0 Å². The Morgan fingerprint density at radius 2 is 1.59 bits per heavy atom. The van der Waals surface area contributed by atoms with Crippen molar-refractivity contribution in [3.63, 3.8) is 0 Å². The Morgan fingerprint density at radius 1 is 1.00 bits per heavy atom. The summed E-state index contributed by atoms with van der Waals surface area (Å²) >= 11 is 0. The van der Waals surface area contributed by atoms with E-state index in [0.717, 1.165) is 11.1 Å². The molecule has 7 nitrogen and oxygen atoms in total. The second-order valence-corrected chi connectivity index (χ2v) is 7.45. The van der Waals surface area contributed by atoms with Gasteiger partial charge in [0.05, 0.1) is 30.9 Å². The van der Waals surface area contributed by atoms with Crippen molar-refractivity contribution in [3.8, 4) is 0 Å². The van der Waals surface area contributed by atoms with Crippen LogP contribution in [0.15, 0.2) is 73.3 Å². The number of hydrogen-bond acceptors (Lipinski definition) is 4. The van der Waals surface area contributed by atoms with Crippen molar-refractivity contribution in [1.82, 2.24) is 10.6 Å². The molecule has 0 heterocycles. The van der Waals surface area contributed by atoms with E-state index in [4.69, 9.17) is 9.84 Å². The van der Waals surface area contributed by atoms with Crippen molar-refractivity contribution in [2.45, 2.75) is 24.8 Å². The number of methoxy groups -OCH3 is 1. The predicted octanol–water partition coefficient (Wildman–Crippen LogP) is 3.06. The summed E-state index contributed by atoms with van der Waals surface area (Å²) < 4.78 is 5.29. The first-order valence-corrected chi connectivity index (χ1v) is 10.5. The lowest BCUT2D eigenvalue weighted by Crippen LogP contribution is -2.41. The van der Waals surface area contributed by atoms with Crippen LogP contribution in [0.5, 0.6) is 0 Å². The summed E-state index contributed by atoms with van der Waals surface area (Å²) in [5.41, 5.74) is 1.65. The fraction of sp³-hybridized carbons (Fsp3) is 0.320. The predicted molar refractivity (Wildman–Crippen MR) is 122 cm³/mol. The molecule has 3 atom stereocenters. The van der Waals surface area contributed by atoms with Gasteiger partial charge < -0.3 is 20.5 Å². The molecule has 7 heteroatoms. The Labute approximate surface area is 188 Å². The minimum atomic E-state index is -1.06. The molecule has 32 heavy (non-hydrogen) atoms. The highest BCUT2D eigenvalue weighted by atomic mass is 16.5. The van der Waals surface area contributed by atoms with Gasteiger partial charge in [0.25, 0.3) is 0 Å². The first-order chi connectivity index (χ1) is 15.5. The van der Waals surface area contributed by atoms with Crippen molar-refractivity contribution in [3.05, 3.63) is 84.4 Å². The Bertz CT molecular complexity index is 886. The number of carboxylic acid groups (broad SMARTS) is 1. The highest BCUT2D eigenvalue weighted by molar-refractivity contribution is 5.87. The first-order valence-electron chi connectivity index (χ1n) is 10.5. The third-order valence-electron chi connectivity index (χ3n) is 5.09. The molecule has 0 bridgehead atoms. The Kier molecular flexibility index (Phi) is 10.1. The van der Waals surface area contributed by atoms with Gasteiger partial charge in [0, 0.05) is 13.7 Å². The van der Waals surface area contributed by atoms with E-state index < -0.39 is 23.7 Å². The lowest BCUT2D eigenvalue weighted by molar-refractivity contribution is -0.141. The summed E-state index contributed by atoms with van der Waals surface area (Å²) in [5.74, 6) is -3.14. The SMILES string of the molecule is C=CC[C@H](CC(=O)O)C(=O)NCC(C(=O)N[C@H](COC)c1ccccc1)c1ccccc1. The van der Waals surface area contributed by atoms with E-state index in [1.54, 1.807) is 7.11 Å². The first kappa shape index (κ1) is 24.8. The number of allylic oxidation sites excluding steroid dienone is 1. The molecule has 2 aromatic carbocycles. The fourth-order valence-corrected chi connectivity index (χ4v) is 3.43. The minimum absolute atomic E-state index is 0.0381. The van der Waals surface area contributed by atoms with Crippen molar-refractivity contribution in [2.24, 2.45) is 5.92 Å². The van der Waals surface area contributed by atoms with Crippen LogP contribution >= 0.6 is 0 Å². The van der Waals surface area contributed by atoms with E-state index in [2.05, 4.69) is 17.2 Å². The van der Waals surface area contributed by atoms with Crippen LogP contribution in [-0.4, -0.2) is 43.2 Å². The van der Waals surface area contributed by atoms with Gasteiger partial charge >= 0.3 is 5.97 Å². The van der Waals surface area contributed by atoms with Crippen LogP contribution in [0, 0.1) is 5.92 Å². The summed E-state index contributed by atoms with van der Waals surface area (Å²) in [4.78, 5) is 36.9. The number of nitrogens with one attached hydrogen (secondary N) is 2. The molecule has 0 saturated carbocycles. The molecular formula is C25H30N2O5. The molecule has 0 fully saturated rings. The average Bonchev–Trinajstić information content (AvgIpc) is 2.79. The maximum absolute atomic E-state index is 13.3. The smallest absolute Gasteiger partial charge is 0.304 e. The molecular weight excluding hydrogens is 408 g/mol. The molecule has 170 valence electrons. The third kappa shape index (κ3) is 7.67. The van der Waals surface area contributed by atoms with Gasteiger partial charge in [-0.05, 0) is 17.5 Å². The monoisotopic (exact) mass is 438 g/mol. The molecule has 0 aliphatic heterocycles. The highest BCUT2D eigenvalue weighted by Crippen LogP contribution is 2.20. The minimum Gasteiger partial charge on any atom is -0.481 e. The van der Waals surface area contributed by atoms with E-state index in [1.165, 1.54) is 6.08 Å². The van der Waals surface area contributed by atoms with Crippen LogP contribution < -0.4 is 10.6 Å². The summed E-state index contributed by atoms with van der Waals surface area (Å²) in [5, 5.41) is 14.8. The van der Waals surface area contributed by atoms with Crippen LogP contribution in [0.4, 0.5) is 0 Å². The molecule has 0 radical (unpaired) electrons. The zero-order valence-corrected chi connectivity index (χ0v) is 18.2. The van der Waals surface area contributed by atoms with E-state index in [9.17, 15) is 14.4 Å². The maximum atomic E-state index is 13.3. The normalized spacial score (nSPS) is 13.4. The van der Waals surface area contributed by atoms with E-state index in [1.807, 2.05) is 60.7 Å². The molecule has 1 unspecified atom stereocenters. The molecule has 2 aromatic rings. The summed E-state index contributed by atoms with van der Waals surface area (Å²) in [7, 11) is 1.57. The highest BCUT2D eigenvalue weighted by Gasteiger charge is 2.26. The van der Waals surface area contributed by atoms with Gasteiger partial charge in [-0.1, -0.05) is 66.7 Å². The van der Waals surface area contributed by atoms with Gasteiger partial charge in [-0.3, -0.25) is 14.4 Å². The lowest BCUT2D eigenvalue weighted by atomic mass is 9.95. The third-order valence-corrected chi connectivity index (χ3v) is 5.09. The standard InChI is InChI=1S/C25H30N2O5/c1-3-10-20(15-23(28)29)24(30)26-16-21(18-11-6-4-7-12-18)25(31)27-22(17-32-2)19-13-8-5-9-14-19/h3-9,11-14,20-22H,1,10,15-17H2,2H3,(H,26,30)(H,27,31)(H,28,29)/t20-,21?,22-/m1/s1. The second kappa shape index (κ2) is 13.1. The largest absolute Gasteiger partial charge is 0.481 e. The zero-order chi connectivity index (χ0) is 23.3. The molecule has 0 saturated heterocycles. The van der Waals surface area contributed by atoms with E-state index in [0.29, 0.717) is 6.61 Å². The van der Waals surface area contributed by atoms with E-state index >= 15 is 0 Å². The van der Waals surface area contributed by atoms with Gasteiger partial charge in [-0.15, -0.1) is 6.58 Å². The van der Waals surface area contributed by atoms with Crippen molar-refractivity contribution in [2.75, 3.05) is 20.3 Å². The van der Waals surface area contributed by atoms with Gasteiger partial charge in [0.2, 0.25) is 11.8 Å². The second-order valence-electron chi connectivity index (χ2n) is 7.45. The number of rotatable bonds is 13. The summed E-state index contributed by atoms with van der Waals surface area (Å²) in [6.07, 6.45) is 1.46. The van der Waals surface area contributed by atoms with Crippen LogP contribution in [0.1, 0.15) is 35.9 Å².